The molecule has 1 aliphatic rings. The predicted octanol–water partition coefficient (Wildman–Crippen LogP) is 1.22. The van der Waals surface area contributed by atoms with E-state index in [1.807, 2.05) is 4.90 Å². The van der Waals surface area contributed by atoms with E-state index < -0.39 is 0 Å². The monoisotopic (exact) mass is 183 g/mol. The average molecular weight is 183 g/mol. The van der Waals surface area contributed by atoms with Gasteiger partial charge in [0.25, 0.3) is 0 Å². The van der Waals surface area contributed by atoms with E-state index in [1.165, 1.54) is 0 Å². The van der Waals surface area contributed by atoms with E-state index >= 15 is 0 Å². The summed E-state index contributed by atoms with van der Waals surface area (Å²) in [5.74, 6) is 0.844. The molecule has 0 radical (unpaired) electrons. The van der Waals surface area contributed by atoms with E-state index in [0.29, 0.717) is 31.7 Å². The van der Waals surface area contributed by atoms with Crippen LogP contribution in [0.3, 0.4) is 0 Å². The number of carbonyl (C=O) groups is 2. The van der Waals surface area contributed by atoms with E-state index in [1.54, 1.807) is 0 Å². The van der Waals surface area contributed by atoms with Crippen LogP contribution in [0.25, 0.3) is 0 Å². The van der Waals surface area contributed by atoms with Crippen LogP contribution < -0.4 is 0 Å². The second-order valence-corrected chi connectivity index (χ2v) is 4.02. The van der Waals surface area contributed by atoms with Crippen LogP contribution in [-0.2, 0) is 9.59 Å². The maximum Gasteiger partial charge on any atom is 0.223 e. The number of ketones is 1. The van der Waals surface area contributed by atoms with Gasteiger partial charge in [0, 0.05) is 32.4 Å². The van der Waals surface area contributed by atoms with Crippen LogP contribution in [0.2, 0.25) is 0 Å². The van der Waals surface area contributed by atoms with E-state index in [-0.39, 0.29) is 11.7 Å². The van der Waals surface area contributed by atoms with Crippen LogP contribution in [0.15, 0.2) is 0 Å². The maximum absolute atomic E-state index is 11.5. The van der Waals surface area contributed by atoms with Gasteiger partial charge in [-0.05, 0) is 5.92 Å². The highest BCUT2D eigenvalue weighted by atomic mass is 16.2. The van der Waals surface area contributed by atoms with Crippen molar-refractivity contribution in [2.24, 2.45) is 5.92 Å². The van der Waals surface area contributed by atoms with Crippen molar-refractivity contribution < 1.29 is 9.59 Å². The molecule has 1 saturated heterocycles. The zero-order chi connectivity index (χ0) is 9.84. The standard InChI is InChI=1S/C10H17NO2/c1-8(2)7-11-6-5-9(12)3-4-10(11)13/h8H,3-7H2,1-2H3. The summed E-state index contributed by atoms with van der Waals surface area (Å²) in [4.78, 5) is 24.4. The van der Waals surface area contributed by atoms with Gasteiger partial charge in [0.2, 0.25) is 5.91 Å². The summed E-state index contributed by atoms with van der Waals surface area (Å²) < 4.78 is 0. The van der Waals surface area contributed by atoms with Crippen LogP contribution in [0.4, 0.5) is 0 Å². The van der Waals surface area contributed by atoms with Crippen molar-refractivity contribution in [3.8, 4) is 0 Å². The van der Waals surface area contributed by atoms with Crippen molar-refractivity contribution in [1.29, 1.82) is 0 Å². The van der Waals surface area contributed by atoms with E-state index in [2.05, 4.69) is 13.8 Å². The van der Waals surface area contributed by atoms with Gasteiger partial charge in [-0.1, -0.05) is 13.8 Å². The number of Topliss-reactive ketones (excluding diaryl/α,β-unsaturated/α-hetero) is 1. The molecule has 3 heteroatoms. The third-order valence-corrected chi connectivity index (χ3v) is 2.22. The van der Waals surface area contributed by atoms with Crippen LogP contribution in [-0.4, -0.2) is 29.7 Å². The fourth-order valence-corrected chi connectivity index (χ4v) is 1.55. The van der Waals surface area contributed by atoms with Gasteiger partial charge in [-0.25, -0.2) is 0 Å². The minimum absolute atomic E-state index is 0.138. The zero-order valence-corrected chi connectivity index (χ0v) is 8.38. The first-order valence-corrected chi connectivity index (χ1v) is 4.89. The van der Waals surface area contributed by atoms with Gasteiger partial charge in [0.1, 0.15) is 5.78 Å². The highest BCUT2D eigenvalue weighted by Gasteiger charge is 2.20. The van der Waals surface area contributed by atoms with E-state index in [4.69, 9.17) is 0 Å². The van der Waals surface area contributed by atoms with Crippen molar-refractivity contribution in [3.05, 3.63) is 0 Å². The number of carbonyl (C=O) groups excluding carboxylic acids is 2. The molecule has 0 unspecified atom stereocenters. The van der Waals surface area contributed by atoms with Crippen molar-refractivity contribution >= 4 is 11.7 Å². The summed E-state index contributed by atoms with van der Waals surface area (Å²) in [6.07, 6.45) is 1.39. The Bertz CT molecular complexity index is 211. The minimum atomic E-state index is 0.138. The van der Waals surface area contributed by atoms with Crippen LogP contribution in [0, 0.1) is 5.92 Å². The first kappa shape index (κ1) is 10.2. The Morgan fingerprint density at radius 2 is 1.92 bits per heavy atom. The number of hydrogen-bond acceptors (Lipinski definition) is 2. The summed E-state index contributed by atoms with van der Waals surface area (Å²) in [7, 11) is 0. The van der Waals surface area contributed by atoms with Crippen molar-refractivity contribution in [2.45, 2.75) is 33.1 Å². The fourth-order valence-electron chi connectivity index (χ4n) is 1.55. The molecule has 74 valence electrons. The number of nitrogens with zero attached hydrogens (tertiary/aromatic N) is 1. The van der Waals surface area contributed by atoms with E-state index in [0.717, 1.165) is 6.54 Å². The molecule has 1 rings (SSSR count). The lowest BCUT2D eigenvalue weighted by Gasteiger charge is -2.21. The molecule has 0 atom stereocenters. The van der Waals surface area contributed by atoms with Gasteiger partial charge < -0.3 is 4.90 Å². The minimum Gasteiger partial charge on any atom is -0.342 e. The Balaban J connectivity index is 2.52. The van der Waals surface area contributed by atoms with Gasteiger partial charge >= 0.3 is 0 Å². The second-order valence-electron chi connectivity index (χ2n) is 4.02. The zero-order valence-electron chi connectivity index (χ0n) is 8.38. The van der Waals surface area contributed by atoms with Gasteiger partial charge in [-0.2, -0.15) is 0 Å². The molecule has 0 aromatic rings. The van der Waals surface area contributed by atoms with Gasteiger partial charge in [-0.3, -0.25) is 9.59 Å². The van der Waals surface area contributed by atoms with Gasteiger partial charge in [-0.15, -0.1) is 0 Å². The maximum atomic E-state index is 11.5. The molecular weight excluding hydrogens is 166 g/mol. The van der Waals surface area contributed by atoms with Crippen LogP contribution in [0.5, 0.6) is 0 Å². The molecule has 1 fully saturated rings. The van der Waals surface area contributed by atoms with Crippen LogP contribution >= 0.6 is 0 Å². The van der Waals surface area contributed by atoms with Crippen LogP contribution in [0.1, 0.15) is 33.1 Å². The Labute approximate surface area is 79.1 Å². The lowest BCUT2D eigenvalue weighted by atomic mass is 10.2. The molecule has 1 aliphatic heterocycles. The summed E-state index contributed by atoms with van der Waals surface area (Å²) >= 11 is 0. The third kappa shape index (κ3) is 3.17. The van der Waals surface area contributed by atoms with Crippen molar-refractivity contribution in [2.75, 3.05) is 13.1 Å². The summed E-state index contributed by atoms with van der Waals surface area (Å²) in [5, 5.41) is 0. The van der Waals surface area contributed by atoms with Gasteiger partial charge in [0.15, 0.2) is 0 Å². The molecule has 0 aromatic heterocycles. The van der Waals surface area contributed by atoms with Crippen molar-refractivity contribution in [1.82, 2.24) is 4.90 Å². The number of amides is 1. The molecule has 13 heavy (non-hydrogen) atoms. The topological polar surface area (TPSA) is 37.4 Å². The van der Waals surface area contributed by atoms with E-state index in [9.17, 15) is 9.59 Å². The molecule has 1 amide bonds. The number of hydrogen-bond donors (Lipinski definition) is 0. The second kappa shape index (κ2) is 4.40. The summed E-state index contributed by atoms with van der Waals surface area (Å²) in [6, 6.07) is 0. The normalized spacial score (nSPS) is 19.5. The molecule has 1 heterocycles. The summed E-state index contributed by atoms with van der Waals surface area (Å²) in [5.41, 5.74) is 0. The smallest absolute Gasteiger partial charge is 0.223 e. The predicted molar refractivity (Wildman–Crippen MR) is 50.3 cm³/mol. The summed E-state index contributed by atoms with van der Waals surface area (Å²) in [6.45, 7) is 5.57. The lowest BCUT2D eigenvalue weighted by Crippen LogP contribution is -2.33. The Morgan fingerprint density at radius 1 is 1.23 bits per heavy atom. The lowest BCUT2D eigenvalue weighted by molar-refractivity contribution is -0.131. The Hall–Kier alpha value is -0.860. The number of rotatable bonds is 2. The SMILES string of the molecule is CC(C)CN1CCC(=O)CCC1=O. The number of likely N-dealkylation sites (tertiary alicyclic amines) is 1. The highest BCUT2D eigenvalue weighted by molar-refractivity contribution is 5.87. The molecule has 0 bridgehead atoms. The molecular formula is C10H17NO2. The Kier molecular flexibility index (Phi) is 3.46. The van der Waals surface area contributed by atoms with Gasteiger partial charge in [0.05, 0.1) is 0 Å². The molecule has 0 saturated carbocycles. The average Bonchev–Trinajstić information content (AvgIpc) is 2.19. The molecule has 3 nitrogen and oxygen atoms in total. The third-order valence-electron chi connectivity index (χ3n) is 2.22. The highest BCUT2D eigenvalue weighted by Crippen LogP contribution is 2.10. The fraction of sp³-hybridized carbons (Fsp3) is 0.800. The quantitative estimate of drug-likeness (QED) is 0.645. The molecule has 0 N–H and O–H groups in total. The molecule has 0 spiro atoms. The van der Waals surface area contributed by atoms with Crippen molar-refractivity contribution in [3.63, 3.8) is 0 Å². The first-order chi connectivity index (χ1) is 6.09. The molecule has 0 aliphatic carbocycles. The molecule has 0 aromatic carbocycles. The first-order valence-electron chi connectivity index (χ1n) is 4.89. The Morgan fingerprint density at radius 3 is 2.54 bits per heavy atom. The largest absolute Gasteiger partial charge is 0.342 e.